The summed E-state index contributed by atoms with van der Waals surface area (Å²) in [7, 11) is 0. The van der Waals surface area contributed by atoms with Gasteiger partial charge in [0.05, 0.1) is 0 Å². The third-order valence-corrected chi connectivity index (χ3v) is 0. The van der Waals surface area contributed by atoms with Crippen molar-refractivity contribution in [1.82, 2.24) is 0 Å². The maximum absolute atomic E-state index is 7.38. The summed E-state index contributed by atoms with van der Waals surface area (Å²) in [4.78, 5) is 0. The first kappa shape index (κ1) is 16.2. The van der Waals surface area contributed by atoms with Gasteiger partial charge in [0.2, 0.25) is 0 Å². The van der Waals surface area contributed by atoms with E-state index in [1.165, 1.54) is 0 Å². The second-order valence-electron chi connectivity index (χ2n) is 0.600. The van der Waals surface area contributed by atoms with Crippen molar-refractivity contribution in [3.8, 4) is 0 Å². The molecule has 4 nitrogen and oxygen atoms in total. The van der Waals surface area contributed by atoms with Gasteiger partial charge in [-0.05, 0) is 0 Å². The van der Waals surface area contributed by atoms with Crippen molar-refractivity contribution < 1.29 is 32.9 Å². The van der Waals surface area contributed by atoms with Crippen molar-refractivity contribution in [3.05, 3.63) is 0 Å². The Morgan fingerprint density at radius 1 is 0.857 bits per heavy atom. The van der Waals surface area contributed by atoms with Crippen LogP contribution < -0.4 is 0 Å². The van der Waals surface area contributed by atoms with Crippen molar-refractivity contribution in [1.29, 1.82) is 0 Å². The second kappa shape index (κ2) is 6.47. The monoisotopic (exact) mass is 188 g/mol. The zero-order chi connectivity index (χ0) is 4.50. The Morgan fingerprint density at radius 2 is 0.857 bits per heavy atom. The van der Waals surface area contributed by atoms with E-state index in [1.54, 1.807) is 0 Å². The Kier molecular flexibility index (Phi) is 14.9. The van der Waals surface area contributed by atoms with Crippen LogP contribution in [-0.4, -0.2) is 69.9 Å². The van der Waals surface area contributed by atoms with Gasteiger partial charge in [0.25, 0.3) is 0 Å². The molecule has 0 saturated heterocycles. The molecule has 7 heavy (non-hydrogen) atoms. The Labute approximate surface area is 86.6 Å². The van der Waals surface area contributed by atoms with Crippen LogP contribution in [0.1, 0.15) is 0 Å². The third kappa shape index (κ3) is 61.1. The van der Waals surface area contributed by atoms with Crippen LogP contribution in [0.25, 0.3) is 0 Å². The molecule has 0 aromatic heterocycles. The predicted molar refractivity (Wildman–Crippen MR) is 27.4 cm³/mol. The normalized spacial score (nSPS) is 8.57. The molecular formula is H9AlCaO4Ti. The Morgan fingerprint density at radius 3 is 0.857 bits per heavy atom. The summed E-state index contributed by atoms with van der Waals surface area (Å²) < 4.78 is 29.5. The first-order valence-corrected chi connectivity index (χ1v) is 3.69. The van der Waals surface area contributed by atoms with Gasteiger partial charge in [0.1, 0.15) is 0 Å². The summed E-state index contributed by atoms with van der Waals surface area (Å²) in [6.07, 6.45) is 0. The molecule has 0 unspecified atom stereocenters. The minimum atomic E-state index is -5.00. The van der Waals surface area contributed by atoms with Gasteiger partial charge in [0.15, 0.2) is 17.4 Å². The first-order chi connectivity index (χ1) is 2.00. The van der Waals surface area contributed by atoms with Gasteiger partial charge in [-0.25, -0.2) is 0 Å². The molecule has 0 spiro atoms. The molecule has 0 atom stereocenters. The zero-order valence-electron chi connectivity index (χ0n) is 2.29. The van der Waals surface area contributed by atoms with Gasteiger partial charge < -0.3 is 0 Å². The fourth-order valence-electron chi connectivity index (χ4n) is 0. The molecule has 0 heterocycles. The number of rotatable bonds is 0. The summed E-state index contributed by atoms with van der Waals surface area (Å²) in [6.45, 7) is 0. The van der Waals surface area contributed by atoms with Crippen LogP contribution >= 0.6 is 0 Å². The predicted octanol–water partition coefficient (Wildman–Crippen LogP) is -4.33. The summed E-state index contributed by atoms with van der Waals surface area (Å²) >= 11 is -5.00. The summed E-state index contributed by atoms with van der Waals surface area (Å²) in [6, 6.07) is 0. The standard InChI is InChI=1S/Al.Ca.4H2O.Ti.5H/h;;4*1H2;;;;;;/q;;;;;;+4;;;;;/p-4. The molecule has 0 fully saturated rings. The molecule has 0 bridgehead atoms. The fraction of sp³-hybridized carbons (Fsp3) is 0. The molecule has 0 saturated carbocycles. The van der Waals surface area contributed by atoms with Gasteiger partial charge in [-0.2, -0.15) is 0 Å². The van der Waals surface area contributed by atoms with Crippen LogP contribution in [0.5, 0.6) is 0 Å². The van der Waals surface area contributed by atoms with Gasteiger partial charge in [0, 0.05) is 0 Å². The van der Waals surface area contributed by atoms with Crippen molar-refractivity contribution in [3.63, 3.8) is 0 Å². The topological polar surface area (TPSA) is 80.9 Å². The van der Waals surface area contributed by atoms with Crippen molar-refractivity contribution in [2.45, 2.75) is 0 Å². The molecule has 0 aliphatic heterocycles. The molecule has 0 aromatic rings. The van der Waals surface area contributed by atoms with Crippen LogP contribution in [0, 0.1) is 0 Å². The van der Waals surface area contributed by atoms with Gasteiger partial charge in [-0.1, -0.05) is 0 Å². The van der Waals surface area contributed by atoms with Crippen LogP contribution in [0.15, 0.2) is 0 Å². The van der Waals surface area contributed by atoms with Crippen molar-refractivity contribution in [2.75, 3.05) is 0 Å². The van der Waals surface area contributed by atoms with Gasteiger partial charge in [-0.15, -0.1) is 0 Å². The zero-order valence-corrected chi connectivity index (χ0v) is 3.85. The van der Waals surface area contributed by atoms with E-state index in [0.29, 0.717) is 0 Å². The van der Waals surface area contributed by atoms with E-state index in [-0.39, 0.29) is 55.1 Å². The Balaban J connectivity index is -0.0000000800. The average Bonchev–Trinajstić information content (AvgIpc) is 0.722. The Hall–Kier alpha value is 2.35. The number of hydrogen-bond donors (Lipinski definition) is 4. The molecule has 0 aliphatic carbocycles. The molecule has 0 aromatic carbocycles. The summed E-state index contributed by atoms with van der Waals surface area (Å²) in [5.74, 6) is 0. The second-order valence-corrected chi connectivity index (χ2v) is 2.47. The minimum absolute atomic E-state index is 0. The number of hydrogen-bond acceptors (Lipinski definition) is 4. The molecular weight excluding hydrogens is 179 g/mol. The van der Waals surface area contributed by atoms with Crippen LogP contribution in [-0.2, 0) is 18.1 Å². The van der Waals surface area contributed by atoms with E-state index in [2.05, 4.69) is 0 Å². The molecule has 7 heteroatoms. The molecule has 42 valence electrons. The molecule has 0 rings (SSSR count). The van der Waals surface area contributed by atoms with E-state index in [0.717, 1.165) is 0 Å². The van der Waals surface area contributed by atoms with Crippen LogP contribution in [0.3, 0.4) is 0 Å². The average molecular weight is 188 g/mol. The van der Waals surface area contributed by atoms with E-state index in [4.69, 9.17) is 14.8 Å². The summed E-state index contributed by atoms with van der Waals surface area (Å²) in [5, 5.41) is 0. The first-order valence-electron chi connectivity index (χ1n) is 0.894. The van der Waals surface area contributed by atoms with Crippen LogP contribution in [0.4, 0.5) is 0 Å². The van der Waals surface area contributed by atoms with Crippen molar-refractivity contribution in [2.24, 2.45) is 0 Å². The molecule has 4 N–H and O–H groups in total. The van der Waals surface area contributed by atoms with Crippen LogP contribution in [0.2, 0.25) is 0 Å². The molecule has 0 aliphatic rings. The Bertz CT molecular complexity index is 27.2. The van der Waals surface area contributed by atoms with Gasteiger partial charge >= 0.3 is 70.6 Å². The maximum atomic E-state index is 7.38. The summed E-state index contributed by atoms with van der Waals surface area (Å²) in [5.41, 5.74) is 0. The van der Waals surface area contributed by atoms with E-state index in [9.17, 15) is 0 Å². The quantitative estimate of drug-likeness (QED) is 0.290. The molecule has 0 radical (unpaired) electrons. The van der Waals surface area contributed by atoms with E-state index in [1.807, 2.05) is 0 Å². The fourth-order valence-corrected chi connectivity index (χ4v) is 0. The van der Waals surface area contributed by atoms with E-state index < -0.39 is 18.1 Å². The molecule has 0 amide bonds. The van der Waals surface area contributed by atoms with Gasteiger partial charge in [-0.3, -0.25) is 0 Å². The SMILES string of the molecule is [AlH3].[CaH2].[OH][Ti]([OH])([OH])[OH]. The van der Waals surface area contributed by atoms with E-state index >= 15 is 0 Å². The van der Waals surface area contributed by atoms with Crippen molar-refractivity contribution >= 4 is 55.1 Å². The third-order valence-electron chi connectivity index (χ3n) is 0.